The van der Waals surface area contributed by atoms with Crippen molar-refractivity contribution in [2.75, 3.05) is 20.3 Å². The quantitative estimate of drug-likeness (QED) is 0.699. The van der Waals surface area contributed by atoms with Gasteiger partial charge in [-0.2, -0.15) is 0 Å². The van der Waals surface area contributed by atoms with E-state index in [-0.39, 0.29) is 5.67 Å². The highest BCUT2D eigenvalue weighted by Crippen LogP contribution is 2.15. The number of carbonyl (C=O) groups excluding carboxylic acids is 1. The Morgan fingerprint density at radius 3 is 2.06 bits per heavy atom. The molecule has 0 radical (unpaired) electrons. The molecule has 1 unspecified atom stereocenters. The van der Waals surface area contributed by atoms with Crippen LogP contribution >= 0.6 is 0 Å². The number of rotatable bonds is 7. The molecule has 0 aromatic rings. The molecule has 0 spiro atoms. The molecule has 0 bridgehead atoms. The lowest BCUT2D eigenvalue weighted by molar-refractivity contribution is 0.152. The normalized spacial score (nSPS) is 13.3. The average molecular weight is 249 g/mol. The van der Waals surface area contributed by atoms with Crippen molar-refractivity contribution in [1.82, 2.24) is 5.32 Å². The Balaban J connectivity index is 4.62. The second-order valence-electron chi connectivity index (χ2n) is 3.48. The highest BCUT2D eigenvalue weighted by molar-refractivity contribution is 6.68. The van der Waals surface area contributed by atoms with E-state index in [1.807, 2.05) is 27.3 Å². The Bertz CT molecular complexity index is 207. The molecule has 16 heavy (non-hydrogen) atoms. The third-order valence-corrected chi connectivity index (χ3v) is 5.92. The predicted molar refractivity (Wildman–Crippen MR) is 64.5 cm³/mol. The van der Waals surface area contributed by atoms with Crippen LogP contribution in [0.2, 0.25) is 6.55 Å². The van der Waals surface area contributed by atoms with Gasteiger partial charge >= 0.3 is 14.7 Å². The maximum Gasteiger partial charge on any atom is 0.406 e. The summed E-state index contributed by atoms with van der Waals surface area (Å²) in [7, 11) is -1.02. The first-order chi connectivity index (χ1) is 7.53. The van der Waals surface area contributed by atoms with Crippen molar-refractivity contribution in [2.24, 2.45) is 0 Å². The first-order valence-electron chi connectivity index (χ1n) is 5.66. The molecule has 0 rings (SSSR count). The van der Waals surface area contributed by atoms with Crippen molar-refractivity contribution in [3.63, 3.8) is 0 Å². The van der Waals surface area contributed by atoms with Gasteiger partial charge in [-0.1, -0.05) is 6.92 Å². The number of ether oxygens (including phenoxy) is 1. The number of nitrogens with one attached hydrogen (secondary N) is 1. The zero-order valence-corrected chi connectivity index (χ0v) is 11.8. The number of hydrogen-bond donors (Lipinski definition) is 1. The van der Waals surface area contributed by atoms with Crippen molar-refractivity contribution in [2.45, 2.75) is 39.4 Å². The Hall–Kier alpha value is -0.593. The van der Waals surface area contributed by atoms with E-state index in [4.69, 9.17) is 8.85 Å². The summed E-state index contributed by atoms with van der Waals surface area (Å²) in [6.07, 6.45) is 0.322. The third kappa shape index (κ3) is 4.50. The van der Waals surface area contributed by atoms with E-state index in [2.05, 4.69) is 10.1 Å². The van der Waals surface area contributed by atoms with Gasteiger partial charge in [0.25, 0.3) is 0 Å². The van der Waals surface area contributed by atoms with Gasteiger partial charge in [0.05, 0.1) is 12.8 Å². The van der Waals surface area contributed by atoms with Crippen LogP contribution in [0.5, 0.6) is 0 Å². The van der Waals surface area contributed by atoms with Gasteiger partial charge in [-0.25, -0.2) is 4.79 Å². The Kier molecular flexibility index (Phi) is 7.36. The molecule has 0 aliphatic carbocycles. The van der Waals surface area contributed by atoms with Crippen molar-refractivity contribution in [1.29, 1.82) is 0 Å². The van der Waals surface area contributed by atoms with E-state index in [1.54, 1.807) is 0 Å². The smallest absolute Gasteiger partial charge is 0.406 e. The Morgan fingerprint density at radius 2 is 1.75 bits per heavy atom. The molecule has 0 aliphatic rings. The third-order valence-electron chi connectivity index (χ3n) is 2.38. The number of carbonyl (C=O) groups is 1. The lowest BCUT2D eigenvalue weighted by Crippen LogP contribution is -2.58. The predicted octanol–water partition coefficient (Wildman–Crippen LogP) is 1.81. The zero-order chi connectivity index (χ0) is 12.6. The van der Waals surface area contributed by atoms with Crippen molar-refractivity contribution in [3.8, 4) is 0 Å². The van der Waals surface area contributed by atoms with Gasteiger partial charge in [0.15, 0.2) is 0 Å². The molecule has 0 saturated heterocycles. The molecule has 1 amide bonds. The maximum absolute atomic E-state index is 11.2. The average Bonchev–Trinajstić information content (AvgIpc) is 2.25. The van der Waals surface area contributed by atoms with Gasteiger partial charge < -0.3 is 18.9 Å². The van der Waals surface area contributed by atoms with Gasteiger partial charge in [0.2, 0.25) is 0 Å². The van der Waals surface area contributed by atoms with Crippen LogP contribution in [-0.2, 0) is 13.6 Å². The van der Waals surface area contributed by atoms with E-state index < -0.39 is 14.7 Å². The second-order valence-corrected chi connectivity index (χ2v) is 6.78. The standard InChI is InChI=1S/C10H23NO4Si/c1-6-9(11-10(12)13-4)16(5,14-7-2)15-8-3/h9H,6-8H2,1-5H3,(H,11,12). The van der Waals surface area contributed by atoms with Crippen molar-refractivity contribution >= 4 is 14.7 Å². The topological polar surface area (TPSA) is 56.8 Å². The molecule has 0 fully saturated rings. The van der Waals surface area contributed by atoms with Gasteiger partial charge in [0, 0.05) is 13.2 Å². The summed E-state index contributed by atoms with van der Waals surface area (Å²) >= 11 is 0. The van der Waals surface area contributed by atoms with Crippen molar-refractivity contribution in [3.05, 3.63) is 0 Å². The maximum atomic E-state index is 11.2. The van der Waals surface area contributed by atoms with E-state index in [0.29, 0.717) is 13.2 Å². The van der Waals surface area contributed by atoms with E-state index in [1.165, 1.54) is 7.11 Å². The van der Waals surface area contributed by atoms with Gasteiger partial charge in [-0.3, -0.25) is 0 Å². The van der Waals surface area contributed by atoms with Gasteiger partial charge in [-0.05, 0) is 26.8 Å². The molecule has 96 valence electrons. The summed E-state index contributed by atoms with van der Waals surface area (Å²) in [5, 5.41) is 2.78. The van der Waals surface area contributed by atoms with Crippen LogP contribution in [0.3, 0.4) is 0 Å². The number of methoxy groups -OCH3 is 1. The zero-order valence-electron chi connectivity index (χ0n) is 10.8. The number of amides is 1. The molecule has 5 nitrogen and oxygen atoms in total. The fourth-order valence-electron chi connectivity index (χ4n) is 1.62. The fourth-order valence-corrected chi connectivity index (χ4v) is 4.37. The van der Waals surface area contributed by atoms with Crippen LogP contribution in [0.4, 0.5) is 4.79 Å². The Morgan fingerprint density at radius 1 is 1.25 bits per heavy atom. The first kappa shape index (κ1) is 15.4. The second kappa shape index (κ2) is 7.64. The highest BCUT2D eigenvalue weighted by atomic mass is 28.4. The summed E-state index contributed by atoms with van der Waals surface area (Å²) in [5.74, 6) is 0. The summed E-state index contributed by atoms with van der Waals surface area (Å²) < 4.78 is 16.0. The van der Waals surface area contributed by atoms with Crippen LogP contribution in [0.1, 0.15) is 27.2 Å². The molecule has 0 aromatic heterocycles. The number of alkyl carbamates (subject to hydrolysis) is 1. The van der Waals surface area contributed by atoms with Crippen LogP contribution < -0.4 is 5.32 Å². The molecule has 0 aliphatic heterocycles. The van der Waals surface area contributed by atoms with Gasteiger partial charge in [-0.15, -0.1) is 0 Å². The Labute approximate surface area is 98.7 Å². The molecule has 1 atom stereocenters. The SMILES string of the molecule is CCO[Si](C)(OCC)C(CC)NC(=O)OC. The molecular weight excluding hydrogens is 226 g/mol. The van der Waals surface area contributed by atoms with Crippen LogP contribution in [0, 0.1) is 0 Å². The molecule has 0 aromatic carbocycles. The molecular formula is C10H23NO4Si. The summed E-state index contributed by atoms with van der Waals surface area (Å²) in [5.41, 5.74) is -0.0974. The van der Waals surface area contributed by atoms with Crippen LogP contribution in [-0.4, -0.2) is 40.6 Å². The summed E-state index contributed by atoms with van der Waals surface area (Å²) in [6.45, 7) is 8.97. The number of hydrogen-bond acceptors (Lipinski definition) is 4. The van der Waals surface area contributed by atoms with Crippen LogP contribution in [0.15, 0.2) is 0 Å². The summed E-state index contributed by atoms with van der Waals surface area (Å²) in [6, 6.07) is 0. The minimum atomic E-state index is -2.37. The minimum absolute atomic E-state index is 0.0974. The molecule has 0 heterocycles. The fraction of sp³-hybridized carbons (Fsp3) is 0.900. The first-order valence-corrected chi connectivity index (χ1v) is 8.05. The molecule has 0 saturated carbocycles. The monoisotopic (exact) mass is 249 g/mol. The largest absolute Gasteiger partial charge is 0.453 e. The van der Waals surface area contributed by atoms with E-state index in [0.717, 1.165) is 6.42 Å². The van der Waals surface area contributed by atoms with Crippen molar-refractivity contribution < 1.29 is 18.4 Å². The lowest BCUT2D eigenvalue weighted by Gasteiger charge is -2.33. The minimum Gasteiger partial charge on any atom is -0.453 e. The molecule has 6 heteroatoms. The van der Waals surface area contributed by atoms with E-state index in [9.17, 15) is 4.79 Å². The highest BCUT2D eigenvalue weighted by Gasteiger charge is 2.41. The molecule has 1 N–H and O–H groups in total. The van der Waals surface area contributed by atoms with Crippen LogP contribution in [0.25, 0.3) is 0 Å². The van der Waals surface area contributed by atoms with E-state index >= 15 is 0 Å². The summed E-state index contributed by atoms with van der Waals surface area (Å²) in [4.78, 5) is 11.2. The lowest BCUT2D eigenvalue weighted by atomic mass is 10.5. The van der Waals surface area contributed by atoms with Gasteiger partial charge in [0.1, 0.15) is 0 Å².